The van der Waals surface area contributed by atoms with Crippen LogP contribution in [0.2, 0.25) is 0 Å². The first-order valence-electron chi connectivity index (χ1n) is 7.42. The number of rotatable bonds is 5. The lowest BCUT2D eigenvalue weighted by molar-refractivity contribution is 0.0246. The third-order valence-corrected chi connectivity index (χ3v) is 3.83. The number of carbonyl (C=O) groups excluding carboxylic acids is 1. The number of methoxy groups -OCH3 is 1. The molecule has 22 heavy (non-hydrogen) atoms. The molecule has 1 saturated heterocycles. The average Bonchev–Trinajstić information content (AvgIpc) is 2.52. The van der Waals surface area contributed by atoms with E-state index in [1.54, 1.807) is 13.0 Å². The molecule has 0 aromatic heterocycles. The predicted octanol–water partition coefficient (Wildman–Crippen LogP) is 2.70. The summed E-state index contributed by atoms with van der Waals surface area (Å²) in [6, 6.07) is 2.84. The van der Waals surface area contributed by atoms with Crippen LogP contribution < -0.4 is 5.32 Å². The summed E-state index contributed by atoms with van der Waals surface area (Å²) in [6.45, 7) is 8.16. The molecule has 5 heteroatoms. The Morgan fingerprint density at radius 2 is 2.32 bits per heavy atom. The number of carbonyl (C=O) groups is 1. The monoisotopic (exact) mass is 307 g/mol. The molecule has 1 heterocycles. The third-order valence-electron chi connectivity index (χ3n) is 3.83. The summed E-state index contributed by atoms with van der Waals surface area (Å²) in [5.41, 5.74) is 2.11. The summed E-state index contributed by atoms with van der Waals surface area (Å²) in [5, 5.41) is 3.27. The number of allylic oxidation sites excluding steroid dienone is 1. The van der Waals surface area contributed by atoms with Crippen molar-refractivity contribution in [2.45, 2.75) is 25.9 Å². The highest BCUT2D eigenvalue weighted by Crippen LogP contribution is 2.27. The van der Waals surface area contributed by atoms with E-state index >= 15 is 0 Å². The molecule has 2 rings (SSSR count). The average molecular weight is 307 g/mol. The van der Waals surface area contributed by atoms with Crippen LogP contribution in [-0.2, 0) is 9.47 Å². The molecule has 4 nitrogen and oxygen atoms in total. The molecule has 1 aliphatic rings. The van der Waals surface area contributed by atoms with Gasteiger partial charge in [-0.25, -0.2) is 9.18 Å². The lowest BCUT2D eigenvalue weighted by Crippen LogP contribution is -2.38. The Bertz CT molecular complexity index is 542. The summed E-state index contributed by atoms with van der Waals surface area (Å²) < 4.78 is 24.6. The Balaban J connectivity index is 2.07. The van der Waals surface area contributed by atoms with Crippen LogP contribution in [0.5, 0.6) is 0 Å². The van der Waals surface area contributed by atoms with E-state index in [-0.39, 0.29) is 11.7 Å². The zero-order valence-electron chi connectivity index (χ0n) is 13.1. The Kier molecular flexibility index (Phi) is 5.69. The van der Waals surface area contributed by atoms with Gasteiger partial charge in [0.25, 0.3) is 0 Å². The molecule has 1 unspecified atom stereocenters. The van der Waals surface area contributed by atoms with Gasteiger partial charge in [0.05, 0.1) is 25.4 Å². The first-order valence-corrected chi connectivity index (χ1v) is 7.42. The molecule has 1 N–H and O–H groups in total. The minimum Gasteiger partial charge on any atom is -0.465 e. The summed E-state index contributed by atoms with van der Waals surface area (Å²) in [6.07, 6.45) is 1.59. The van der Waals surface area contributed by atoms with Crippen molar-refractivity contribution in [3.8, 4) is 0 Å². The summed E-state index contributed by atoms with van der Waals surface area (Å²) in [7, 11) is 1.28. The lowest BCUT2D eigenvalue weighted by atomic mass is 9.94. The first kappa shape index (κ1) is 16.6. The van der Waals surface area contributed by atoms with Crippen molar-refractivity contribution in [3.05, 3.63) is 41.2 Å². The highest BCUT2D eigenvalue weighted by atomic mass is 19.1. The second-order valence-electron chi connectivity index (χ2n) is 5.48. The van der Waals surface area contributed by atoms with Crippen molar-refractivity contribution < 1.29 is 18.7 Å². The van der Waals surface area contributed by atoms with Crippen molar-refractivity contribution in [2.24, 2.45) is 0 Å². The van der Waals surface area contributed by atoms with Crippen LogP contribution in [-0.4, -0.2) is 38.9 Å². The number of benzene rings is 1. The standard InChI is InChI=1S/C17H22FNO3/c1-11(4-5-14-10-19-6-7-22-14)16-12(2)8-13(9-15(16)18)17(20)21-3/h8-9,14,19H,1,4-7,10H2,2-3H3. The Hall–Kier alpha value is -1.72. The second kappa shape index (κ2) is 7.51. The van der Waals surface area contributed by atoms with Crippen LogP contribution in [0, 0.1) is 12.7 Å². The van der Waals surface area contributed by atoms with Gasteiger partial charge in [-0.15, -0.1) is 0 Å². The highest BCUT2D eigenvalue weighted by molar-refractivity contribution is 5.90. The van der Waals surface area contributed by atoms with Gasteiger partial charge in [-0.05, 0) is 43.0 Å². The van der Waals surface area contributed by atoms with E-state index in [9.17, 15) is 9.18 Å². The van der Waals surface area contributed by atoms with Gasteiger partial charge in [0.1, 0.15) is 5.82 Å². The van der Waals surface area contributed by atoms with E-state index in [1.165, 1.54) is 13.2 Å². The van der Waals surface area contributed by atoms with Crippen molar-refractivity contribution in [3.63, 3.8) is 0 Å². The number of halogens is 1. The van der Waals surface area contributed by atoms with Gasteiger partial charge >= 0.3 is 5.97 Å². The zero-order valence-corrected chi connectivity index (χ0v) is 13.1. The molecule has 0 saturated carbocycles. The predicted molar refractivity (Wildman–Crippen MR) is 83.4 cm³/mol. The van der Waals surface area contributed by atoms with Gasteiger partial charge in [-0.1, -0.05) is 6.58 Å². The van der Waals surface area contributed by atoms with Gasteiger partial charge in [-0.3, -0.25) is 0 Å². The molecule has 1 fully saturated rings. The molecule has 1 aromatic carbocycles. The van der Waals surface area contributed by atoms with Gasteiger partial charge in [0, 0.05) is 18.7 Å². The van der Waals surface area contributed by atoms with Crippen LogP contribution >= 0.6 is 0 Å². The van der Waals surface area contributed by atoms with Gasteiger partial charge in [-0.2, -0.15) is 0 Å². The van der Waals surface area contributed by atoms with Crippen LogP contribution in [0.3, 0.4) is 0 Å². The van der Waals surface area contributed by atoms with E-state index in [0.29, 0.717) is 24.2 Å². The smallest absolute Gasteiger partial charge is 0.337 e. The van der Waals surface area contributed by atoms with Crippen LogP contribution in [0.25, 0.3) is 5.57 Å². The fraction of sp³-hybridized carbons (Fsp3) is 0.471. The number of nitrogens with one attached hydrogen (secondary N) is 1. The Morgan fingerprint density at radius 1 is 1.55 bits per heavy atom. The van der Waals surface area contributed by atoms with Crippen molar-refractivity contribution in [2.75, 3.05) is 26.8 Å². The molecule has 1 aromatic rings. The molecule has 120 valence electrons. The van der Waals surface area contributed by atoms with E-state index in [0.717, 1.165) is 25.1 Å². The topological polar surface area (TPSA) is 47.6 Å². The van der Waals surface area contributed by atoms with Crippen molar-refractivity contribution >= 4 is 11.5 Å². The van der Waals surface area contributed by atoms with Crippen molar-refractivity contribution in [1.82, 2.24) is 5.32 Å². The normalized spacial score (nSPS) is 18.0. The molecular weight excluding hydrogens is 285 g/mol. The highest BCUT2D eigenvalue weighted by Gasteiger charge is 2.18. The minimum atomic E-state index is -0.541. The lowest BCUT2D eigenvalue weighted by Gasteiger charge is -2.24. The molecule has 0 amide bonds. The van der Waals surface area contributed by atoms with E-state index < -0.39 is 11.8 Å². The number of hydrogen-bond donors (Lipinski definition) is 1. The third kappa shape index (κ3) is 3.93. The molecule has 0 spiro atoms. The second-order valence-corrected chi connectivity index (χ2v) is 5.48. The van der Waals surface area contributed by atoms with Crippen LogP contribution in [0.4, 0.5) is 4.39 Å². The van der Waals surface area contributed by atoms with Crippen LogP contribution in [0.15, 0.2) is 18.7 Å². The molecule has 0 bridgehead atoms. The van der Waals surface area contributed by atoms with Crippen molar-refractivity contribution in [1.29, 1.82) is 0 Å². The summed E-state index contributed by atoms with van der Waals surface area (Å²) >= 11 is 0. The minimum absolute atomic E-state index is 0.142. The molecule has 0 radical (unpaired) electrons. The van der Waals surface area contributed by atoms with Gasteiger partial charge in [0.2, 0.25) is 0 Å². The number of esters is 1. The largest absolute Gasteiger partial charge is 0.465 e. The Labute approximate surface area is 130 Å². The Morgan fingerprint density at radius 3 is 2.91 bits per heavy atom. The quantitative estimate of drug-likeness (QED) is 0.850. The first-order chi connectivity index (χ1) is 10.5. The molecular formula is C17H22FNO3. The van der Waals surface area contributed by atoms with Gasteiger partial charge < -0.3 is 14.8 Å². The van der Waals surface area contributed by atoms with E-state index in [4.69, 9.17) is 4.74 Å². The maximum absolute atomic E-state index is 14.3. The number of hydrogen-bond acceptors (Lipinski definition) is 4. The van der Waals surface area contributed by atoms with E-state index in [1.807, 2.05) is 0 Å². The van der Waals surface area contributed by atoms with E-state index in [2.05, 4.69) is 16.6 Å². The number of aryl methyl sites for hydroxylation is 1. The maximum atomic E-state index is 14.3. The fourth-order valence-electron chi connectivity index (χ4n) is 2.69. The van der Waals surface area contributed by atoms with Gasteiger partial charge in [0.15, 0.2) is 0 Å². The maximum Gasteiger partial charge on any atom is 0.337 e. The number of ether oxygens (including phenoxy) is 2. The zero-order chi connectivity index (χ0) is 16.1. The number of morpholine rings is 1. The molecule has 0 aliphatic carbocycles. The SMILES string of the molecule is C=C(CCC1CNCCO1)c1c(C)cc(C(=O)OC)cc1F. The summed E-state index contributed by atoms with van der Waals surface area (Å²) in [5.74, 6) is -0.978. The fourth-order valence-corrected chi connectivity index (χ4v) is 2.69. The summed E-state index contributed by atoms with van der Waals surface area (Å²) in [4.78, 5) is 11.5. The molecule has 1 aliphatic heterocycles. The molecule has 1 atom stereocenters. The van der Waals surface area contributed by atoms with Crippen LogP contribution in [0.1, 0.15) is 34.3 Å².